The van der Waals surface area contributed by atoms with Crippen LogP contribution in [0, 0.1) is 11.3 Å². The summed E-state index contributed by atoms with van der Waals surface area (Å²) in [6.45, 7) is 4.26. The Hall–Kier alpha value is -3.35. The van der Waals surface area contributed by atoms with Crippen molar-refractivity contribution >= 4 is 38.9 Å². The van der Waals surface area contributed by atoms with Gasteiger partial charge in [0.15, 0.2) is 10.9 Å². The van der Waals surface area contributed by atoms with Gasteiger partial charge < -0.3 is 9.52 Å². The van der Waals surface area contributed by atoms with Gasteiger partial charge in [0.2, 0.25) is 5.82 Å². The number of hydrogen-bond acceptors (Lipinski definition) is 8. The first kappa shape index (κ1) is 19.0. The molecule has 3 heterocycles. The number of hydrogen-bond donors (Lipinski definition) is 1. The molecule has 0 radical (unpaired) electrons. The molecule has 4 rings (SSSR count). The summed E-state index contributed by atoms with van der Waals surface area (Å²) in [6.07, 6.45) is 3.30. The van der Waals surface area contributed by atoms with Crippen LogP contribution in [0.3, 0.4) is 0 Å². The lowest BCUT2D eigenvalue weighted by Crippen LogP contribution is -2.01. The summed E-state index contributed by atoms with van der Waals surface area (Å²) in [5.41, 5.74) is 0.967. The van der Waals surface area contributed by atoms with Crippen molar-refractivity contribution in [2.75, 3.05) is 5.75 Å². The zero-order valence-corrected chi connectivity index (χ0v) is 16.8. The average molecular weight is 422 g/mol. The molecule has 0 saturated carbocycles. The molecule has 7 nitrogen and oxygen atoms in total. The van der Waals surface area contributed by atoms with Crippen molar-refractivity contribution in [2.24, 2.45) is 0 Å². The van der Waals surface area contributed by atoms with Crippen LogP contribution in [0.25, 0.3) is 27.4 Å². The van der Waals surface area contributed by atoms with Gasteiger partial charge >= 0.3 is 0 Å². The van der Waals surface area contributed by atoms with Crippen molar-refractivity contribution in [3.63, 3.8) is 0 Å². The summed E-state index contributed by atoms with van der Waals surface area (Å²) in [5.74, 6) is 1.28. The number of nitrogens with zero attached hydrogens (tertiary/aromatic N) is 5. The molecule has 0 bridgehead atoms. The quantitative estimate of drug-likeness (QED) is 0.196. The second kappa shape index (κ2) is 8.34. The molecule has 0 saturated heterocycles. The lowest BCUT2D eigenvalue weighted by molar-refractivity contribution is 0.420. The number of nitriles is 1. The molecule has 1 N–H and O–H groups in total. The number of fused-ring (bicyclic) bond motifs is 1. The van der Waals surface area contributed by atoms with Gasteiger partial charge in [-0.25, -0.2) is 4.98 Å². The molecule has 29 heavy (non-hydrogen) atoms. The zero-order chi connectivity index (χ0) is 20.2. The normalized spacial score (nSPS) is 12.0. The van der Waals surface area contributed by atoms with Crippen LogP contribution in [0.4, 0.5) is 0 Å². The molecule has 0 aliphatic carbocycles. The fourth-order valence-corrected chi connectivity index (χ4v) is 4.51. The molecular weight excluding hydrogens is 406 g/mol. The lowest BCUT2D eigenvalue weighted by atomic mass is 10.2. The first-order chi connectivity index (χ1) is 14.2. The topological polar surface area (TPSA) is 101 Å². The van der Waals surface area contributed by atoms with Crippen LogP contribution in [0.2, 0.25) is 0 Å². The van der Waals surface area contributed by atoms with Crippen LogP contribution in [-0.2, 0) is 6.54 Å². The maximum absolute atomic E-state index is 10.6. The number of furan rings is 1. The summed E-state index contributed by atoms with van der Waals surface area (Å²) in [7, 11) is 0. The highest BCUT2D eigenvalue weighted by atomic mass is 32.2. The minimum absolute atomic E-state index is 0.0516. The van der Waals surface area contributed by atoms with E-state index in [-0.39, 0.29) is 17.1 Å². The molecule has 0 spiro atoms. The number of rotatable bonds is 7. The van der Waals surface area contributed by atoms with Crippen LogP contribution in [-0.4, -0.2) is 30.6 Å². The number of para-hydroxylation sites is 1. The van der Waals surface area contributed by atoms with E-state index in [1.165, 1.54) is 23.1 Å². The van der Waals surface area contributed by atoms with E-state index < -0.39 is 0 Å². The second-order valence-corrected chi connectivity index (χ2v) is 7.86. The number of aliphatic hydroxyl groups excluding tert-OH is 1. The molecule has 0 amide bonds. The molecule has 0 aliphatic rings. The predicted octanol–water partition coefficient (Wildman–Crippen LogP) is 4.92. The maximum Gasteiger partial charge on any atom is 0.200 e. The van der Waals surface area contributed by atoms with Gasteiger partial charge in [-0.3, -0.25) is 4.57 Å². The minimum Gasteiger partial charge on any atom is -0.510 e. The number of thiazole rings is 1. The molecule has 0 aliphatic heterocycles. The Bertz CT molecular complexity index is 1200. The fourth-order valence-electron chi connectivity index (χ4n) is 2.70. The van der Waals surface area contributed by atoms with E-state index >= 15 is 0 Å². The first-order valence-electron chi connectivity index (χ1n) is 8.60. The highest BCUT2D eigenvalue weighted by Gasteiger charge is 2.18. The summed E-state index contributed by atoms with van der Waals surface area (Å²) in [4.78, 5) is 4.45. The van der Waals surface area contributed by atoms with Gasteiger partial charge in [-0.1, -0.05) is 30.0 Å². The van der Waals surface area contributed by atoms with Crippen molar-refractivity contribution in [1.82, 2.24) is 19.7 Å². The van der Waals surface area contributed by atoms with E-state index in [4.69, 9.17) is 4.42 Å². The Morgan fingerprint density at radius 1 is 1.31 bits per heavy atom. The highest BCUT2D eigenvalue weighted by molar-refractivity contribution is 7.99. The average Bonchev–Trinajstić information content (AvgIpc) is 3.46. The van der Waals surface area contributed by atoms with Gasteiger partial charge in [-0.15, -0.1) is 28.1 Å². The summed E-state index contributed by atoms with van der Waals surface area (Å²) >= 11 is 2.65. The Labute approximate surface area is 174 Å². The summed E-state index contributed by atoms with van der Waals surface area (Å²) in [6, 6.07) is 13.3. The molecule has 3 aromatic heterocycles. The van der Waals surface area contributed by atoms with Crippen molar-refractivity contribution in [2.45, 2.75) is 11.7 Å². The molecule has 0 fully saturated rings. The zero-order valence-electron chi connectivity index (χ0n) is 15.1. The third-order valence-corrected chi connectivity index (χ3v) is 6.05. The Morgan fingerprint density at radius 3 is 2.90 bits per heavy atom. The van der Waals surface area contributed by atoms with E-state index in [2.05, 4.69) is 27.8 Å². The van der Waals surface area contributed by atoms with Crippen LogP contribution >= 0.6 is 23.1 Å². The highest BCUT2D eigenvalue weighted by Crippen LogP contribution is 2.30. The Kier molecular flexibility index (Phi) is 5.46. The van der Waals surface area contributed by atoms with Gasteiger partial charge in [0.05, 0.1) is 22.2 Å². The third-order valence-electron chi connectivity index (χ3n) is 4.02. The van der Waals surface area contributed by atoms with E-state index in [1.807, 2.05) is 28.8 Å². The van der Waals surface area contributed by atoms with Crippen LogP contribution in [0.5, 0.6) is 0 Å². The predicted molar refractivity (Wildman–Crippen MR) is 113 cm³/mol. The van der Waals surface area contributed by atoms with Crippen LogP contribution in [0.15, 0.2) is 70.6 Å². The number of aliphatic hydroxyl groups is 1. The van der Waals surface area contributed by atoms with E-state index in [9.17, 15) is 10.4 Å². The second-order valence-electron chi connectivity index (χ2n) is 5.89. The van der Waals surface area contributed by atoms with Crippen LogP contribution in [0.1, 0.15) is 5.01 Å². The number of allylic oxidation sites excluding steroid dienone is 2. The van der Waals surface area contributed by atoms with Crippen molar-refractivity contribution in [3.8, 4) is 17.7 Å². The van der Waals surface area contributed by atoms with Gasteiger partial charge in [0.1, 0.15) is 22.4 Å². The smallest absolute Gasteiger partial charge is 0.200 e. The lowest BCUT2D eigenvalue weighted by Gasteiger charge is -2.06. The van der Waals surface area contributed by atoms with Crippen molar-refractivity contribution in [3.05, 3.63) is 66.1 Å². The van der Waals surface area contributed by atoms with Gasteiger partial charge in [-0.2, -0.15) is 5.26 Å². The standard InChI is InChI=1S/C20H15N5O2S2/c1-2-9-25-18(16-7-5-10-27-16)23-24-20(25)28-12-15(26)13(11-21)19-22-14-6-3-4-8-17(14)29-19/h2-8,10,26H,1,9,12H2/b15-13-. The number of benzene rings is 1. The molecule has 0 unspecified atom stereocenters. The summed E-state index contributed by atoms with van der Waals surface area (Å²) in [5, 5.41) is 29.6. The van der Waals surface area contributed by atoms with Crippen molar-refractivity contribution in [1.29, 1.82) is 5.26 Å². The number of aromatic nitrogens is 4. The Morgan fingerprint density at radius 2 is 2.17 bits per heavy atom. The largest absolute Gasteiger partial charge is 0.510 e. The van der Waals surface area contributed by atoms with Gasteiger partial charge in [0.25, 0.3) is 0 Å². The van der Waals surface area contributed by atoms with E-state index in [1.54, 1.807) is 24.5 Å². The molecule has 9 heteroatoms. The monoisotopic (exact) mass is 421 g/mol. The first-order valence-corrected chi connectivity index (χ1v) is 10.4. The van der Waals surface area contributed by atoms with E-state index in [0.29, 0.717) is 28.3 Å². The maximum atomic E-state index is 10.6. The molecule has 0 atom stereocenters. The molecule has 1 aromatic carbocycles. The molecule has 144 valence electrons. The Balaban J connectivity index is 1.60. The molecule has 4 aromatic rings. The summed E-state index contributed by atoms with van der Waals surface area (Å²) < 4.78 is 8.22. The SMILES string of the molecule is C=CCn1c(SC/C(O)=C(\C#N)c2nc3ccccc3s2)nnc1-c1ccco1. The fraction of sp³-hybridized carbons (Fsp3) is 0.100. The van der Waals surface area contributed by atoms with Crippen molar-refractivity contribution < 1.29 is 9.52 Å². The number of thioether (sulfide) groups is 1. The van der Waals surface area contributed by atoms with E-state index in [0.717, 1.165) is 10.2 Å². The van der Waals surface area contributed by atoms with Gasteiger partial charge in [0, 0.05) is 6.54 Å². The van der Waals surface area contributed by atoms with Gasteiger partial charge in [-0.05, 0) is 24.3 Å². The third kappa shape index (κ3) is 3.81. The minimum atomic E-state index is -0.0516. The van der Waals surface area contributed by atoms with Crippen LogP contribution < -0.4 is 0 Å². The molecular formula is C20H15N5O2S2.